The summed E-state index contributed by atoms with van der Waals surface area (Å²) in [5, 5.41) is 8.90. The molecule has 98 valence electrons. The first-order chi connectivity index (χ1) is 8.97. The lowest BCUT2D eigenvalue weighted by Crippen LogP contribution is -2.00. The van der Waals surface area contributed by atoms with Crippen LogP contribution in [0.3, 0.4) is 0 Å². The summed E-state index contributed by atoms with van der Waals surface area (Å²) in [6.07, 6.45) is 1.43. The van der Waals surface area contributed by atoms with Crippen molar-refractivity contribution in [3.63, 3.8) is 0 Å². The minimum Gasteiger partial charge on any atom is -0.477 e. The van der Waals surface area contributed by atoms with Crippen LogP contribution in [0.25, 0.3) is 0 Å². The Morgan fingerprint density at radius 1 is 1.21 bits per heavy atom. The maximum Gasteiger partial charge on any atom is 0.354 e. The van der Waals surface area contributed by atoms with Crippen molar-refractivity contribution in [3.8, 4) is 11.5 Å². The van der Waals surface area contributed by atoms with Crippen LogP contribution in [0.5, 0.6) is 11.5 Å². The van der Waals surface area contributed by atoms with Crippen molar-refractivity contribution in [2.75, 3.05) is 0 Å². The van der Waals surface area contributed by atoms with Crippen LogP contribution >= 0.6 is 0 Å². The fourth-order valence-corrected chi connectivity index (χ4v) is 1.83. The van der Waals surface area contributed by atoms with E-state index >= 15 is 0 Å². The monoisotopic (exact) mass is 257 g/mol. The van der Waals surface area contributed by atoms with E-state index in [1.165, 1.54) is 12.3 Å². The Morgan fingerprint density at radius 3 is 2.63 bits per heavy atom. The first-order valence-electron chi connectivity index (χ1n) is 5.92. The number of nitrogens with zero attached hydrogens (tertiary/aromatic N) is 1. The highest BCUT2D eigenvalue weighted by atomic mass is 16.5. The number of benzene rings is 1. The maximum absolute atomic E-state index is 10.9. The molecule has 0 aliphatic rings. The highest BCUT2D eigenvalue weighted by molar-refractivity contribution is 5.85. The molecule has 1 aromatic heterocycles. The standard InChI is InChI=1S/C15H15NO3/c1-9-6-10(2)11(3)14(7-9)19-12-4-5-16-13(8-12)15(17)18/h4-8H,1-3H3,(H,17,18). The van der Waals surface area contributed by atoms with Crippen LogP contribution in [0.2, 0.25) is 0 Å². The van der Waals surface area contributed by atoms with Gasteiger partial charge in [0.25, 0.3) is 0 Å². The van der Waals surface area contributed by atoms with Crippen LogP contribution in [0.4, 0.5) is 0 Å². The average molecular weight is 257 g/mol. The van der Waals surface area contributed by atoms with Crippen molar-refractivity contribution in [1.82, 2.24) is 4.98 Å². The molecule has 2 aromatic rings. The summed E-state index contributed by atoms with van der Waals surface area (Å²) >= 11 is 0. The predicted octanol–water partition coefficient (Wildman–Crippen LogP) is 3.50. The van der Waals surface area contributed by atoms with Gasteiger partial charge in [-0.25, -0.2) is 9.78 Å². The largest absolute Gasteiger partial charge is 0.477 e. The van der Waals surface area contributed by atoms with Crippen molar-refractivity contribution in [2.45, 2.75) is 20.8 Å². The quantitative estimate of drug-likeness (QED) is 0.914. The number of carbonyl (C=O) groups is 1. The number of hydrogen-bond acceptors (Lipinski definition) is 3. The number of ether oxygens (including phenoxy) is 1. The Kier molecular flexibility index (Phi) is 3.51. The second-order valence-electron chi connectivity index (χ2n) is 4.49. The maximum atomic E-state index is 10.9. The van der Waals surface area contributed by atoms with E-state index in [0.29, 0.717) is 5.75 Å². The van der Waals surface area contributed by atoms with E-state index in [4.69, 9.17) is 9.84 Å². The zero-order chi connectivity index (χ0) is 14.0. The van der Waals surface area contributed by atoms with Gasteiger partial charge >= 0.3 is 5.97 Å². The lowest BCUT2D eigenvalue weighted by molar-refractivity contribution is 0.0690. The molecule has 4 heteroatoms. The lowest BCUT2D eigenvalue weighted by Gasteiger charge is -2.12. The summed E-state index contributed by atoms with van der Waals surface area (Å²) in [6, 6.07) is 7.07. The van der Waals surface area contributed by atoms with Gasteiger partial charge in [0.2, 0.25) is 0 Å². The highest BCUT2D eigenvalue weighted by Gasteiger charge is 2.09. The molecule has 0 saturated carbocycles. The van der Waals surface area contributed by atoms with Crippen LogP contribution in [0.1, 0.15) is 27.2 Å². The smallest absolute Gasteiger partial charge is 0.354 e. The highest BCUT2D eigenvalue weighted by Crippen LogP contribution is 2.28. The molecule has 0 aliphatic carbocycles. The zero-order valence-corrected chi connectivity index (χ0v) is 11.1. The van der Waals surface area contributed by atoms with Gasteiger partial charge in [-0.3, -0.25) is 0 Å². The van der Waals surface area contributed by atoms with Gasteiger partial charge < -0.3 is 9.84 Å². The van der Waals surface area contributed by atoms with Gasteiger partial charge in [0, 0.05) is 12.3 Å². The zero-order valence-electron chi connectivity index (χ0n) is 11.1. The van der Waals surface area contributed by atoms with Gasteiger partial charge in [-0.05, 0) is 49.6 Å². The number of carboxylic acids is 1. The van der Waals surface area contributed by atoms with Crippen molar-refractivity contribution in [3.05, 3.63) is 52.8 Å². The lowest BCUT2D eigenvalue weighted by atomic mass is 10.1. The van der Waals surface area contributed by atoms with Crippen molar-refractivity contribution < 1.29 is 14.6 Å². The molecule has 0 aliphatic heterocycles. The SMILES string of the molecule is Cc1cc(C)c(C)c(Oc2ccnc(C(=O)O)c2)c1. The Hall–Kier alpha value is -2.36. The molecule has 1 heterocycles. The molecule has 19 heavy (non-hydrogen) atoms. The normalized spacial score (nSPS) is 10.3. The number of hydrogen-bond donors (Lipinski definition) is 1. The van der Waals surface area contributed by atoms with Gasteiger partial charge in [-0.15, -0.1) is 0 Å². The molecule has 0 fully saturated rings. The van der Waals surface area contributed by atoms with Gasteiger partial charge in [0.15, 0.2) is 5.69 Å². The summed E-state index contributed by atoms with van der Waals surface area (Å²) in [5.74, 6) is 0.142. The molecular weight excluding hydrogens is 242 g/mol. The van der Waals surface area contributed by atoms with Gasteiger partial charge in [0.05, 0.1) is 0 Å². The van der Waals surface area contributed by atoms with Crippen LogP contribution in [0, 0.1) is 20.8 Å². The van der Waals surface area contributed by atoms with E-state index in [1.807, 2.05) is 26.8 Å². The molecule has 2 rings (SSSR count). The summed E-state index contributed by atoms with van der Waals surface area (Å²) < 4.78 is 5.76. The Morgan fingerprint density at radius 2 is 1.95 bits per heavy atom. The molecule has 0 spiro atoms. The summed E-state index contributed by atoms with van der Waals surface area (Å²) in [4.78, 5) is 14.6. The van der Waals surface area contributed by atoms with E-state index in [1.54, 1.807) is 6.07 Å². The molecule has 0 unspecified atom stereocenters. The fraction of sp³-hybridized carbons (Fsp3) is 0.200. The predicted molar refractivity (Wildman–Crippen MR) is 71.9 cm³/mol. The second kappa shape index (κ2) is 5.10. The third-order valence-electron chi connectivity index (χ3n) is 2.94. The van der Waals surface area contributed by atoms with Crippen molar-refractivity contribution in [2.24, 2.45) is 0 Å². The van der Waals surface area contributed by atoms with E-state index in [9.17, 15) is 4.79 Å². The first kappa shape index (κ1) is 13.1. The van der Waals surface area contributed by atoms with E-state index in [2.05, 4.69) is 11.1 Å². The number of carboxylic acid groups (broad SMARTS) is 1. The molecule has 0 radical (unpaired) electrons. The topological polar surface area (TPSA) is 59.4 Å². The van der Waals surface area contributed by atoms with Crippen LogP contribution in [-0.4, -0.2) is 16.1 Å². The number of pyridine rings is 1. The average Bonchev–Trinajstić information content (AvgIpc) is 2.35. The minimum absolute atomic E-state index is 0.0282. The van der Waals surface area contributed by atoms with Gasteiger partial charge in [0.1, 0.15) is 11.5 Å². The van der Waals surface area contributed by atoms with Crippen molar-refractivity contribution >= 4 is 5.97 Å². The summed E-state index contributed by atoms with van der Waals surface area (Å²) in [5.41, 5.74) is 3.26. The van der Waals surface area contributed by atoms with Crippen molar-refractivity contribution in [1.29, 1.82) is 0 Å². The Bertz CT molecular complexity index is 635. The Balaban J connectivity index is 2.36. The minimum atomic E-state index is -1.07. The second-order valence-corrected chi connectivity index (χ2v) is 4.49. The third kappa shape index (κ3) is 2.91. The van der Waals surface area contributed by atoms with Crippen LogP contribution < -0.4 is 4.74 Å². The molecule has 0 bridgehead atoms. The molecule has 1 N–H and O–H groups in total. The number of rotatable bonds is 3. The van der Waals surface area contributed by atoms with Crippen LogP contribution in [0.15, 0.2) is 30.5 Å². The number of aryl methyl sites for hydroxylation is 2. The first-order valence-corrected chi connectivity index (χ1v) is 5.92. The third-order valence-corrected chi connectivity index (χ3v) is 2.94. The van der Waals surface area contributed by atoms with Gasteiger partial charge in [-0.2, -0.15) is 0 Å². The summed E-state index contributed by atoms with van der Waals surface area (Å²) in [7, 11) is 0. The molecule has 4 nitrogen and oxygen atoms in total. The van der Waals surface area contributed by atoms with E-state index < -0.39 is 5.97 Å². The van der Waals surface area contributed by atoms with Gasteiger partial charge in [-0.1, -0.05) is 6.07 Å². The van der Waals surface area contributed by atoms with E-state index in [0.717, 1.165) is 22.4 Å². The molecular formula is C15H15NO3. The molecule has 1 aromatic carbocycles. The number of aromatic carboxylic acids is 1. The Labute approximate surface area is 111 Å². The molecule has 0 saturated heterocycles. The molecule has 0 amide bonds. The fourth-order valence-electron chi connectivity index (χ4n) is 1.83. The van der Waals surface area contributed by atoms with Crippen LogP contribution in [-0.2, 0) is 0 Å². The van der Waals surface area contributed by atoms with E-state index in [-0.39, 0.29) is 5.69 Å². The molecule has 0 atom stereocenters. The number of aromatic nitrogens is 1. The summed E-state index contributed by atoms with van der Waals surface area (Å²) in [6.45, 7) is 5.99.